The number of hydrogen-bond acceptors (Lipinski definition) is 7. The third-order valence-corrected chi connectivity index (χ3v) is 5.93. The Morgan fingerprint density at radius 2 is 1.72 bits per heavy atom. The number of fused-ring (bicyclic) bond motifs is 1. The van der Waals surface area contributed by atoms with Crippen molar-refractivity contribution in [1.82, 2.24) is 23.7 Å². The van der Waals surface area contributed by atoms with E-state index in [2.05, 4.69) is 10.4 Å². The number of ether oxygens (including phenoxy) is 1. The van der Waals surface area contributed by atoms with Gasteiger partial charge < -0.3 is 14.5 Å². The van der Waals surface area contributed by atoms with Gasteiger partial charge in [-0.25, -0.2) is 9.59 Å². The van der Waals surface area contributed by atoms with E-state index in [9.17, 15) is 19.2 Å². The van der Waals surface area contributed by atoms with Gasteiger partial charge in [0.05, 0.1) is 10.7 Å². The van der Waals surface area contributed by atoms with Crippen LogP contribution in [-0.4, -0.2) is 67.5 Å². The van der Waals surface area contributed by atoms with Crippen LogP contribution in [-0.2, 0) is 16.6 Å². The highest BCUT2D eigenvalue weighted by Crippen LogP contribution is 2.30. The molecular formula is C23H28ClN7O5. The van der Waals surface area contributed by atoms with Crippen LogP contribution in [0.3, 0.4) is 0 Å². The molecule has 36 heavy (non-hydrogen) atoms. The van der Waals surface area contributed by atoms with Crippen LogP contribution in [0.15, 0.2) is 33.9 Å². The van der Waals surface area contributed by atoms with E-state index in [1.165, 1.54) is 14.0 Å². The molecule has 1 N–H and O–H groups in total. The number of halogens is 1. The Morgan fingerprint density at radius 1 is 1.08 bits per heavy atom. The first-order chi connectivity index (χ1) is 16.9. The average Bonchev–Trinajstić information content (AvgIpc) is 3.20. The highest BCUT2D eigenvalue weighted by atomic mass is 35.5. The average molecular weight is 518 g/mol. The quantitative estimate of drug-likeness (QED) is 0.560. The summed E-state index contributed by atoms with van der Waals surface area (Å²) in [6, 6.07) is 6.94. The molecule has 3 heterocycles. The van der Waals surface area contributed by atoms with Gasteiger partial charge in [-0.2, -0.15) is 9.66 Å². The lowest BCUT2D eigenvalue weighted by Crippen LogP contribution is -2.50. The van der Waals surface area contributed by atoms with Crippen molar-refractivity contribution in [2.24, 2.45) is 7.05 Å². The maximum Gasteiger partial charge on any atom is 0.410 e. The zero-order valence-corrected chi connectivity index (χ0v) is 21.5. The Hall–Kier alpha value is -3.80. The topological polar surface area (TPSA) is 124 Å². The SMILES string of the molecule is CC(=O)Nn1c(=O)n(C)c(=O)c2c1nc(N1CCN(C(=O)OC(C)(C)C)CC1)n2-c1ccccc1Cl. The number of aromatic nitrogens is 4. The molecule has 192 valence electrons. The van der Waals surface area contributed by atoms with Gasteiger partial charge in [0.15, 0.2) is 11.2 Å². The molecule has 0 atom stereocenters. The second-order valence-corrected chi connectivity index (χ2v) is 9.88. The second kappa shape index (κ2) is 9.34. The molecule has 0 saturated carbocycles. The molecule has 2 amide bonds. The molecule has 1 aliphatic heterocycles. The number of anilines is 1. The molecule has 13 heteroatoms. The minimum atomic E-state index is -0.743. The zero-order valence-electron chi connectivity index (χ0n) is 20.7. The standard InChI is InChI=1S/C23H28ClN7O5/c1-14(32)26-31-18-17(19(33)27(5)21(31)34)30(16-9-7-6-8-15(16)24)20(25-18)28-10-12-29(13-11-28)22(35)36-23(2,3)4/h6-9H,10-13H2,1-5H3,(H,26,32). The van der Waals surface area contributed by atoms with Crippen LogP contribution in [0.1, 0.15) is 27.7 Å². The lowest BCUT2D eigenvalue weighted by atomic mass is 10.2. The molecular weight excluding hydrogens is 490 g/mol. The van der Waals surface area contributed by atoms with Crippen LogP contribution in [0, 0.1) is 0 Å². The molecule has 12 nitrogen and oxygen atoms in total. The maximum atomic E-state index is 13.3. The van der Waals surface area contributed by atoms with Gasteiger partial charge in [0, 0.05) is 40.2 Å². The van der Waals surface area contributed by atoms with Crippen LogP contribution < -0.4 is 21.6 Å². The number of imidazole rings is 1. The van der Waals surface area contributed by atoms with Crippen molar-refractivity contribution in [1.29, 1.82) is 0 Å². The number of carbonyl (C=O) groups is 2. The number of nitrogens with zero attached hydrogens (tertiary/aromatic N) is 6. The molecule has 0 bridgehead atoms. The van der Waals surface area contributed by atoms with Crippen LogP contribution in [0.5, 0.6) is 0 Å². The summed E-state index contributed by atoms with van der Waals surface area (Å²) in [4.78, 5) is 58.6. The lowest BCUT2D eigenvalue weighted by molar-refractivity contribution is -0.115. The third-order valence-electron chi connectivity index (χ3n) is 5.62. The molecule has 4 rings (SSSR count). The Balaban J connectivity index is 1.86. The van der Waals surface area contributed by atoms with E-state index in [-0.39, 0.29) is 11.2 Å². The molecule has 3 aromatic rings. The first-order valence-electron chi connectivity index (χ1n) is 11.4. The highest BCUT2D eigenvalue weighted by Gasteiger charge is 2.30. The first kappa shape index (κ1) is 25.3. The number of rotatable bonds is 3. The van der Waals surface area contributed by atoms with Gasteiger partial charge in [0.2, 0.25) is 11.9 Å². The fourth-order valence-electron chi connectivity index (χ4n) is 3.98. The summed E-state index contributed by atoms with van der Waals surface area (Å²) in [5.41, 5.74) is 1.04. The van der Waals surface area contributed by atoms with E-state index in [4.69, 9.17) is 16.3 Å². The molecule has 0 unspecified atom stereocenters. The molecule has 1 aliphatic rings. The van der Waals surface area contributed by atoms with Gasteiger partial charge in [-0.1, -0.05) is 23.7 Å². The number of hydrogen-bond donors (Lipinski definition) is 1. The fraction of sp³-hybridized carbons (Fsp3) is 0.435. The van der Waals surface area contributed by atoms with Crippen LogP contribution in [0.4, 0.5) is 10.7 Å². The Bertz CT molecular complexity index is 1460. The van der Waals surface area contributed by atoms with Gasteiger partial charge in [0.1, 0.15) is 5.60 Å². The predicted octanol–water partition coefficient (Wildman–Crippen LogP) is 1.69. The zero-order chi connectivity index (χ0) is 26.4. The molecule has 1 saturated heterocycles. The molecule has 0 radical (unpaired) electrons. The second-order valence-electron chi connectivity index (χ2n) is 9.48. The minimum absolute atomic E-state index is 0.0113. The molecule has 1 aromatic carbocycles. The van der Waals surface area contributed by atoms with Crippen LogP contribution >= 0.6 is 11.6 Å². The van der Waals surface area contributed by atoms with Crippen molar-refractivity contribution in [3.05, 3.63) is 50.1 Å². The van der Waals surface area contributed by atoms with Crippen LogP contribution in [0.25, 0.3) is 16.9 Å². The molecule has 1 fully saturated rings. The number of piperazine rings is 1. The molecule has 2 aromatic heterocycles. The minimum Gasteiger partial charge on any atom is -0.444 e. The van der Waals surface area contributed by atoms with Gasteiger partial charge >= 0.3 is 11.8 Å². The third kappa shape index (κ3) is 4.68. The van der Waals surface area contributed by atoms with Gasteiger partial charge in [-0.05, 0) is 32.9 Å². The summed E-state index contributed by atoms with van der Waals surface area (Å²) in [7, 11) is 1.33. The van der Waals surface area contributed by atoms with Crippen molar-refractivity contribution >= 4 is 40.7 Å². The summed E-state index contributed by atoms with van der Waals surface area (Å²) in [5.74, 6) is -0.152. The van der Waals surface area contributed by atoms with Crippen molar-refractivity contribution in [3.8, 4) is 5.69 Å². The fourth-order valence-corrected chi connectivity index (χ4v) is 4.20. The van der Waals surface area contributed by atoms with Gasteiger partial charge in [-0.15, -0.1) is 0 Å². The van der Waals surface area contributed by atoms with Gasteiger partial charge in [0.25, 0.3) is 5.56 Å². The van der Waals surface area contributed by atoms with E-state index in [0.717, 1.165) is 9.24 Å². The van der Waals surface area contributed by atoms with Gasteiger partial charge in [-0.3, -0.25) is 24.1 Å². The van der Waals surface area contributed by atoms with E-state index < -0.39 is 28.9 Å². The van der Waals surface area contributed by atoms with E-state index >= 15 is 0 Å². The lowest BCUT2D eigenvalue weighted by Gasteiger charge is -2.36. The highest BCUT2D eigenvalue weighted by molar-refractivity contribution is 6.32. The predicted molar refractivity (Wildman–Crippen MR) is 136 cm³/mol. The first-order valence-corrected chi connectivity index (χ1v) is 11.8. The number of carbonyl (C=O) groups excluding carboxylic acids is 2. The monoisotopic (exact) mass is 517 g/mol. The molecule has 0 spiro atoms. The van der Waals surface area contributed by atoms with Crippen molar-refractivity contribution in [3.63, 3.8) is 0 Å². The van der Waals surface area contributed by atoms with E-state index in [1.807, 2.05) is 25.7 Å². The number of amides is 2. The summed E-state index contributed by atoms with van der Waals surface area (Å²) in [6.45, 7) is 8.17. The van der Waals surface area contributed by atoms with Crippen LogP contribution in [0.2, 0.25) is 5.02 Å². The van der Waals surface area contributed by atoms with E-state index in [0.29, 0.717) is 42.8 Å². The maximum absolute atomic E-state index is 13.3. The Labute approximate surface area is 211 Å². The van der Waals surface area contributed by atoms with Crippen molar-refractivity contribution < 1.29 is 14.3 Å². The summed E-state index contributed by atoms with van der Waals surface area (Å²) in [6.07, 6.45) is -0.407. The van der Waals surface area contributed by atoms with Crippen molar-refractivity contribution in [2.75, 3.05) is 36.5 Å². The Kier molecular flexibility index (Phi) is 6.56. The summed E-state index contributed by atoms with van der Waals surface area (Å²) < 4.78 is 8.91. The number of para-hydroxylation sites is 1. The summed E-state index contributed by atoms with van der Waals surface area (Å²) in [5, 5.41) is 0.366. The van der Waals surface area contributed by atoms with E-state index in [1.54, 1.807) is 33.7 Å². The Morgan fingerprint density at radius 3 is 2.31 bits per heavy atom. The summed E-state index contributed by atoms with van der Waals surface area (Å²) >= 11 is 6.52. The smallest absolute Gasteiger partial charge is 0.410 e. The number of nitrogens with one attached hydrogen (secondary N) is 1. The van der Waals surface area contributed by atoms with Crippen molar-refractivity contribution in [2.45, 2.75) is 33.3 Å². The largest absolute Gasteiger partial charge is 0.444 e. The molecule has 0 aliphatic carbocycles. The normalized spacial score (nSPS) is 14.3. The number of benzene rings is 1.